The Morgan fingerprint density at radius 1 is 1.36 bits per heavy atom. The highest BCUT2D eigenvalue weighted by atomic mass is 32.1. The standard InChI is InChI=1S/C21H23N3O3S/c1-21(2)12-15-6-3-7-17(20(15)27-21)26-14-19(25)22-13-16(18-8-4-11-28-18)24-10-5-9-23-24/h3-11,16H,12-14H2,1-2H3,(H,22,25). The highest BCUT2D eigenvalue weighted by Crippen LogP contribution is 2.41. The largest absolute Gasteiger partial charge is 0.483 e. The molecule has 0 spiro atoms. The fourth-order valence-electron chi connectivity index (χ4n) is 3.38. The number of rotatable bonds is 7. The Kier molecular flexibility index (Phi) is 5.09. The van der Waals surface area contributed by atoms with Gasteiger partial charge in [0.25, 0.3) is 5.91 Å². The third kappa shape index (κ3) is 4.04. The maximum atomic E-state index is 12.4. The van der Waals surface area contributed by atoms with Crippen LogP contribution in [0.25, 0.3) is 0 Å². The van der Waals surface area contributed by atoms with Gasteiger partial charge in [-0.3, -0.25) is 9.48 Å². The smallest absolute Gasteiger partial charge is 0.258 e. The van der Waals surface area contributed by atoms with Crippen molar-refractivity contribution in [1.82, 2.24) is 15.1 Å². The van der Waals surface area contributed by atoms with E-state index in [-0.39, 0.29) is 24.2 Å². The van der Waals surface area contributed by atoms with Gasteiger partial charge in [0.15, 0.2) is 18.1 Å². The number of thiophene rings is 1. The molecule has 4 rings (SSSR count). The van der Waals surface area contributed by atoms with E-state index >= 15 is 0 Å². The van der Waals surface area contributed by atoms with Crippen molar-refractivity contribution in [2.24, 2.45) is 0 Å². The van der Waals surface area contributed by atoms with Crippen LogP contribution in [0.1, 0.15) is 30.3 Å². The second-order valence-electron chi connectivity index (χ2n) is 7.39. The van der Waals surface area contributed by atoms with E-state index in [2.05, 4.69) is 10.4 Å². The molecule has 0 bridgehead atoms. The highest BCUT2D eigenvalue weighted by Gasteiger charge is 2.32. The van der Waals surface area contributed by atoms with Crippen molar-refractivity contribution in [3.8, 4) is 11.5 Å². The number of hydrogen-bond donors (Lipinski definition) is 1. The van der Waals surface area contributed by atoms with Crippen LogP contribution in [-0.4, -0.2) is 34.4 Å². The van der Waals surface area contributed by atoms with Gasteiger partial charge >= 0.3 is 0 Å². The Morgan fingerprint density at radius 3 is 3.00 bits per heavy atom. The van der Waals surface area contributed by atoms with Crippen molar-refractivity contribution in [3.05, 3.63) is 64.6 Å². The summed E-state index contributed by atoms with van der Waals surface area (Å²) in [5.41, 5.74) is 0.862. The van der Waals surface area contributed by atoms with Crippen molar-refractivity contribution < 1.29 is 14.3 Å². The first-order chi connectivity index (χ1) is 13.5. The van der Waals surface area contributed by atoms with Gasteiger partial charge in [-0.05, 0) is 37.4 Å². The molecule has 146 valence electrons. The molecule has 0 aliphatic carbocycles. The van der Waals surface area contributed by atoms with Gasteiger partial charge < -0.3 is 14.8 Å². The van der Waals surface area contributed by atoms with Crippen molar-refractivity contribution in [2.45, 2.75) is 31.9 Å². The number of aromatic nitrogens is 2. The molecule has 3 aromatic rings. The van der Waals surface area contributed by atoms with Crippen molar-refractivity contribution in [2.75, 3.05) is 13.2 Å². The number of nitrogens with one attached hydrogen (secondary N) is 1. The van der Waals surface area contributed by atoms with Gasteiger partial charge in [0.1, 0.15) is 11.6 Å². The van der Waals surface area contributed by atoms with Crippen LogP contribution in [0, 0.1) is 0 Å². The minimum absolute atomic E-state index is 0.0379. The number of fused-ring (bicyclic) bond motifs is 1. The lowest BCUT2D eigenvalue weighted by Gasteiger charge is -2.19. The molecule has 2 aromatic heterocycles. The summed E-state index contributed by atoms with van der Waals surface area (Å²) in [6.45, 7) is 4.48. The first-order valence-electron chi connectivity index (χ1n) is 9.25. The lowest BCUT2D eigenvalue weighted by atomic mass is 10.0. The summed E-state index contributed by atoms with van der Waals surface area (Å²) in [6.07, 6.45) is 4.47. The van der Waals surface area contributed by atoms with Gasteiger partial charge in [0.2, 0.25) is 0 Å². The van der Waals surface area contributed by atoms with E-state index in [0.29, 0.717) is 12.3 Å². The SMILES string of the molecule is CC1(C)Cc2cccc(OCC(=O)NCC(c3cccs3)n3cccn3)c2O1. The van der Waals surface area contributed by atoms with Gasteiger partial charge in [0, 0.05) is 35.8 Å². The molecule has 0 radical (unpaired) electrons. The predicted molar refractivity (Wildman–Crippen MR) is 108 cm³/mol. The highest BCUT2D eigenvalue weighted by molar-refractivity contribution is 7.10. The monoisotopic (exact) mass is 397 g/mol. The number of carbonyl (C=O) groups is 1. The second-order valence-corrected chi connectivity index (χ2v) is 8.37. The van der Waals surface area contributed by atoms with Crippen LogP contribution >= 0.6 is 11.3 Å². The normalized spacial score (nSPS) is 15.5. The molecule has 1 aromatic carbocycles. The number of hydrogen-bond acceptors (Lipinski definition) is 5. The third-order valence-corrected chi connectivity index (χ3v) is 5.60. The Hall–Kier alpha value is -2.80. The molecular weight excluding hydrogens is 374 g/mol. The van der Waals surface area contributed by atoms with Crippen LogP contribution in [0.4, 0.5) is 0 Å². The molecule has 1 N–H and O–H groups in total. The van der Waals surface area contributed by atoms with E-state index in [9.17, 15) is 4.79 Å². The van der Waals surface area contributed by atoms with Crippen molar-refractivity contribution in [1.29, 1.82) is 0 Å². The number of benzene rings is 1. The fourth-order valence-corrected chi connectivity index (χ4v) is 4.20. The molecule has 7 heteroatoms. The molecule has 1 aliphatic rings. The minimum atomic E-state index is -0.248. The summed E-state index contributed by atoms with van der Waals surface area (Å²) in [5.74, 6) is 1.18. The van der Waals surface area contributed by atoms with Crippen LogP contribution in [0.3, 0.4) is 0 Å². The van der Waals surface area contributed by atoms with Crippen LogP contribution in [0.5, 0.6) is 11.5 Å². The molecule has 0 fully saturated rings. The Balaban J connectivity index is 1.36. The van der Waals surface area contributed by atoms with Crippen LogP contribution in [-0.2, 0) is 11.2 Å². The van der Waals surface area contributed by atoms with E-state index in [1.807, 2.05) is 66.5 Å². The molecule has 1 aliphatic heterocycles. The number of carbonyl (C=O) groups excluding carboxylic acids is 1. The first kappa shape index (κ1) is 18.6. The fraction of sp³-hybridized carbons (Fsp3) is 0.333. The van der Waals surface area contributed by atoms with E-state index in [0.717, 1.165) is 22.6 Å². The molecule has 6 nitrogen and oxygen atoms in total. The molecule has 3 heterocycles. The summed E-state index contributed by atoms with van der Waals surface area (Å²) >= 11 is 1.64. The molecule has 1 atom stereocenters. The predicted octanol–water partition coefficient (Wildman–Crippen LogP) is 3.44. The maximum absolute atomic E-state index is 12.4. The van der Waals surface area contributed by atoms with Crippen LogP contribution < -0.4 is 14.8 Å². The zero-order valence-electron chi connectivity index (χ0n) is 15.9. The van der Waals surface area contributed by atoms with E-state index in [4.69, 9.17) is 9.47 Å². The second kappa shape index (κ2) is 7.67. The summed E-state index contributed by atoms with van der Waals surface area (Å²) in [7, 11) is 0. The zero-order chi connectivity index (χ0) is 19.6. The maximum Gasteiger partial charge on any atom is 0.258 e. The van der Waals surface area contributed by atoms with Crippen LogP contribution in [0.15, 0.2) is 54.2 Å². The summed E-state index contributed by atoms with van der Waals surface area (Å²) < 4.78 is 13.6. The number of para-hydroxylation sites is 1. The third-order valence-electron chi connectivity index (χ3n) is 4.62. The molecule has 0 saturated heterocycles. The van der Waals surface area contributed by atoms with Gasteiger partial charge in [-0.25, -0.2) is 0 Å². The Bertz CT molecular complexity index is 902. The van der Waals surface area contributed by atoms with E-state index in [1.54, 1.807) is 17.5 Å². The Morgan fingerprint density at radius 2 is 2.25 bits per heavy atom. The molecular formula is C21H23N3O3S. The Labute approximate surface area is 168 Å². The molecule has 28 heavy (non-hydrogen) atoms. The van der Waals surface area contributed by atoms with Gasteiger partial charge in [-0.1, -0.05) is 18.2 Å². The van der Waals surface area contributed by atoms with E-state index < -0.39 is 0 Å². The topological polar surface area (TPSA) is 65.4 Å². The molecule has 1 unspecified atom stereocenters. The van der Waals surface area contributed by atoms with Crippen LogP contribution in [0.2, 0.25) is 0 Å². The zero-order valence-corrected chi connectivity index (χ0v) is 16.7. The quantitative estimate of drug-likeness (QED) is 0.663. The average Bonchev–Trinajstić information content (AvgIpc) is 3.40. The summed E-state index contributed by atoms with van der Waals surface area (Å²) in [6, 6.07) is 11.7. The lowest BCUT2D eigenvalue weighted by molar-refractivity contribution is -0.123. The van der Waals surface area contributed by atoms with Crippen molar-refractivity contribution >= 4 is 17.2 Å². The first-order valence-corrected chi connectivity index (χ1v) is 10.1. The lowest BCUT2D eigenvalue weighted by Crippen LogP contribution is -2.34. The number of amides is 1. The van der Waals surface area contributed by atoms with Crippen molar-refractivity contribution in [3.63, 3.8) is 0 Å². The van der Waals surface area contributed by atoms with Gasteiger partial charge in [0.05, 0.1) is 0 Å². The molecule has 0 saturated carbocycles. The minimum Gasteiger partial charge on any atom is -0.483 e. The molecule has 1 amide bonds. The van der Waals surface area contributed by atoms with E-state index in [1.165, 1.54) is 0 Å². The number of nitrogens with zero attached hydrogens (tertiary/aromatic N) is 2. The number of ether oxygens (including phenoxy) is 2. The summed E-state index contributed by atoms with van der Waals surface area (Å²) in [5, 5.41) is 9.30. The van der Waals surface area contributed by atoms with Gasteiger partial charge in [-0.15, -0.1) is 11.3 Å². The average molecular weight is 398 g/mol. The van der Waals surface area contributed by atoms with Gasteiger partial charge in [-0.2, -0.15) is 5.10 Å². The summed E-state index contributed by atoms with van der Waals surface area (Å²) in [4.78, 5) is 13.5.